The molecule has 0 spiro atoms. The average Bonchev–Trinajstić information content (AvgIpc) is 2.57. The number of piperidine rings is 1. The van der Waals surface area contributed by atoms with E-state index < -0.39 is 0 Å². The minimum absolute atomic E-state index is 0.586. The number of nitrogens with zero attached hydrogens (tertiary/aromatic N) is 1. The van der Waals surface area contributed by atoms with Gasteiger partial charge in [0, 0.05) is 13.1 Å². The fraction of sp³-hybridized carbons (Fsp3) is 1.00. The first kappa shape index (κ1) is 13.4. The molecule has 1 saturated carbocycles. The quantitative estimate of drug-likeness (QED) is 0.757. The van der Waals surface area contributed by atoms with Crippen LogP contribution in [-0.4, -0.2) is 38.1 Å². The molecule has 2 fully saturated rings. The molecule has 1 aliphatic carbocycles. The van der Waals surface area contributed by atoms with Crippen molar-refractivity contribution in [1.82, 2.24) is 10.2 Å². The van der Waals surface area contributed by atoms with Crippen molar-refractivity contribution in [3.8, 4) is 0 Å². The highest BCUT2D eigenvalue weighted by molar-refractivity contribution is 4.87. The minimum atomic E-state index is 0.586. The number of hydrogen-bond donors (Lipinski definition) is 1. The van der Waals surface area contributed by atoms with Gasteiger partial charge in [0.2, 0.25) is 0 Å². The topological polar surface area (TPSA) is 15.3 Å². The van der Waals surface area contributed by atoms with Crippen molar-refractivity contribution in [2.24, 2.45) is 5.41 Å². The van der Waals surface area contributed by atoms with Gasteiger partial charge in [-0.3, -0.25) is 0 Å². The summed E-state index contributed by atoms with van der Waals surface area (Å²) in [5.74, 6) is 0. The molecule has 2 aliphatic rings. The lowest BCUT2D eigenvalue weighted by atomic mass is 9.79. The summed E-state index contributed by atoms with van der Waals surface area (Å²) < 4.78 is 0. The standard InChI is InChI=1S/C15H30N2/c1-16-13-15(9-5-2-3-6-10-15)14-17-11-7-4-8-12-17/h16H,2-14H2,1H3. The highest BCUT2D eigenvalue weighted by Crippen LogP contribution is 2.35. The zero-order valence-corrected chi connectivity index (χ0v) is 11.6. The van der Waals surface area contributed by atoms with Crippen LogP contribution in [0.1, 0.15) is 57.8 Å². The van der Waals surface area contributed by atoms with Gasteiger partial charge in [0.1, 0.15) is 0 Å². The maximum Gasteiger partial charge on any atom is 0.00501 e. The molecule has 0 amide bonds. The molecule has 1 aliphatic heterocycles. The second-order valence-electron chi connectivity index (χ2n) is 6.28. The minimum Gasteiger partial charge on any atom is -0.319 e. The Labute approximate surface area is 107 Å². The van der Waals surface area contributed by atoms with Crippen LogP contribution in [0.15, 0.2) is 0 Å². The Hall–Kier alpha value is -0.0800. The largest absolute Gasteiger partial charge is 0.319 e. The zero-order chi connectivity index (χ0) is 12.0. The second kappa shape index (κ2) is 6.75. The number of nitrogens with one attached hydrogen (secondary N) is 1. The molecule has 2 rings (SSSR count). The predicted molar refractivity (Wildman–Crippen MR) is 74.4 cm³/mol. The summed E-state index contributed by atoms with van der Waals surface area (Å²) in [6.07, 6.45) is 13.0. The summed E-state index contributed by atoms with van der Waals surface area (Å²) in [6, 6.07) is 0. The van der Waals surface area contributed by atoms with Crippen molar-refractivity contribution in [2.45, 2.75) is 57.8 Å². The highest BCUT2D eigenvalue weighted by Gasteiger charge is 2.32. The van der Waals surface area contributed by atoms with Crippen molar-refractivity contribution in [2.75, 3.05) is 33.2 Å². The third kappa shape index (κ3) is 3.96. The fourth-order valence-electron chi connectivity index (χ4n) is 3.84. The summed E-state index contributed by atoms with van der Waals surface area (Å²) in [6.45, 7) is 5.29. The van der Waals surface area contributed by atoms with Crippen LogP contribution >= 0.6 is 0 Å². The number of rotatable bonds is 4. The second-order valence-corrected chi connectivity index (χ2v) is 6.28. The van der Waals surface area contributed by atoms with Crippen molar-refractivity contribution >= 4 is 0 Å². The van der Waals surface area contributed by atoms with Crippen LogP contribution in [0, 0.1) is 5.41 Å². The monoisotopic (exact) mass is 238 g/mol. The van der Waals surface area contributed by atoms with E-state index in [0.717, 1.165) is 0 Å². The Balaban J connectivity index is 1.93. The first-order chi connectivity index (χ1) is 8.35. The lowest BCUT2D eigenvalue weighted by molar-refractivity contribution is 0.112. The molecule has 17 heavy (non-hydrogen) atoms. The summed E-state index contributed by atoms with van der Waals surface area (Å²) in [5, 5.41) is 3.47. The third-order valence-corrected chi connectivity index (χ3v) is 4.72. The Morgan fingerprint density at radius 1 is 0.882 bits per heavy atom. The van der Waals surface area contributed by atoms with Crippen LogP contribution in [0.5, 0.6) is 0 Å². The van der Waals surface area contributed by atoms with E-state index in [-0.39, 0.29) is 0 Å². The van der Waals surface area contributed by atoms with Crippen LogP contribution in [0.25, 0.3) is 0 Å². The van der Waals surface area contributed by atoms with Crippen LogP contribution < -0.4 is 5.32 Å². The zero-order valence-electron chi connectivity index (χ0n) is 11.6. The van der Waals surface area contributed by atoms with Crippen LogP contribution in [0.4, 0.5) is 0 Å². The molecule has 100 valence electrons. The lowest BCUT2D eigenvalue weighted by Gasteiger charge is -2.39. The molecular weight excluding hydrogens is 208 g/mol. The van der Waals surface area contributed by atoms with E-state index >= 15 is 0 Å². The summed E-state index contributed by atoms with van der Waals surface area (Å²) in [4.78, 5) is 2.74. The molecule has 2 nitrogen and oxygen atoms in total. The van der Waals surface area contributed by atoms with E-state index in [1.54, 1.807) is 0 Å². The summed E-state index contributed by atoms with van der Waals surface area (Å²) >= 11 is 0. The smallest absolute Gasteiger partial charge is 0.00501 e. The van der Waals surface area contributed by atoms with Crippen molar-refractivity contribution in [3.05, 3.63) is 0 Å². The number of hydrogen-bond acceptors (Lipinski definition) is 2. The molecule has 1 N–H and O–H groups in total. The van der Waals surface area contributed by atoms with E-state index in [1.165, 1.54) is 84.0 Å². The van der Waals surface area contributed by atoms with E-state index in [4.69, 9.17) is 0 Å². The molecule has 0 radical (unpaired) electrons. The Morgan fingerprint density at radius 2 is 1.47 bits per heavy atom. The van der Waals surface area contributed by atoms with Crippen LogP contribution in [0.2, 0.25) is 0 Å². The van der Waals surface area contributed by atoms with Gasteiger partial charge < -0.3 is 10.2 Å². The lowest BCUT2D eigenvalue weighted by Crippen LogP contribution is -2.45. The molecule has 0 aromatic rings. The molecule has 1 heterocycles. The van der Waals surface area contributed by atoms with Gasteiger partial charge in [-0.1, -0.05) is 32.1 Å². The average molecular weight is 238 g/mol. The molecule has 2 heteroatoms. The van der Waals surface area contributed by atoms with Crippen LogP contribution in [-0.2, 0) is 0 Å². The molecule has 0 bridgehead atoms. The SMILES string of the molecule is CNCC1(CN2CCCCC2)CCCCCC1. The number of likely N-dealkylation sites (tertiary alicyclic amines) is 1. The van der Waals surface area contributed by atoms with E-state index in [1.807, 2.05) is 0 Å². The van der Waals surface area contributed by atoms with E-state index in [0.29, 0.717) is 5.41 Å². The van der Waals surface area contributed by atoms with Gasteiger partial charge >= 0.3 is 0 Å². The van der Waals surface area contributed by atoms with Gasteiger partial charge in [-0.15, -0.1) is 0 Å². The Morgan fingerprint density at radius 3 is 2.06 bits per heavy atom. The maximum absolute atomic E-state index is 3.47. The molecule has 1 saturated heterocycles. The van der Waals surface area contributed by atoms with Gasteiger partial charge in [-0.2, -0.15) is 0 Å². The van der Waals surface area contributed by atoms with E-state index in [9.17, 15) is 0 Å². The molecule has 0 aromatic carbocycles. The first-order valence-corrected chi connectivity index (χ1v) is 7.72. The van der Waals surface area contributed by atoms with Gasteiger partial charge in [0.15, 0.2) is 0 Å². The fourth-order valence-corrected chi connectivity index (χ4v) is 3.84. The summed E-state index contributed by atoms with van der Waals surface area (Å²) in [5.41, 5.74) is 0.586. The molecule has 0 atom stereocenters. The normalized spacial score (nSPS) is 26.6. The van der Waals surface area contributed by atoms with Crippen molar-refractivity contribution < 1.29 is 0 Å². The Kier molecular flexibility index (Phi) is 5.30. The van der Waals surface area contributed by atoms with Crippen molar-refractivity contribution in [3.63, 3.8) is 0 Å². The van der Waals surface area contributed by atoms with Crippen molar-refractivity contribution in [1.29, 1.82) is 0 Å². The van der Waals surface area contributed by atoms with Crippen LogP contribution in [0.3, 0.4) is 0 Å². The van der Waals surface area contributed by atoms with E-state index in [2.05, 4.69) is 17.3 Å². The molecule has 0 aromatic heterocycles. The van der Waals surface area contributed by atoms with Gasteiger partial charge in [0.05, 0.1) is 0 Å². The van der Waals surface area contributed by atoms with Gasteiger partial charge in [-0.25, -0.2) is 0 Å². The first-order valence-electron chi connectivity index (χ1n) is 7.72. The highest BCUT2D eigenvalue weighted by atomic mass is 15.1. The van der Waals surface area contributed by atoms with Gasteiger partial charge in [-0.05, 0) is 51.2 Å². The maximum atomic E-state index is 3.47. The molecule has 0 unspecified atom stereocenters. The summed E-state index contributed by atoms with van der Waals surface area (Å²) in [7, 11) is 2.13. The molecular formula is C15H30N2. The van der Waals surface area contributed by atoms with Gasteiger partial charge in [0.25, 0.3) is 0 Å². The third-order valence-electron chi connectivity index (χ3n) is 4.72. The predicted octanol–water partition coefficient (Wildman–Crippen LogP) is 3.03. The Bertz CT molecular complexity index is 201.